The van der Waals surface area contributed by atoms with E-state index in [2.05, 4.69) is 0 Å². The van der Waals surface area contributed by atoms with Crippen molar-refractivity contribution in [3.05, 3.63) is 47.5 Å². The lowest BCUT2D eigenvalue weighted by Gasteiger charge is -2.39. The number of aryl methyl sites for hydroxylation is 1. The summed E-state index contributed by atoms with van der Waals surface area (Å²) in [6.07, 6.45) is -6.49. The van der Waals surface area contributed by atoms with E-state index in [4.69, 9.17) is 9.47 Å². The highest BCUT2D eigenvalue weighted by atomic mass is 16.7. The maximum Gasteiger partial charge on any atom is 0.229 e. The van der Waals surface area contributed by atoms with Crippen molar-refractivity contribution < 1.29 is 44.9 Å². The van der Waals surface area contributed by atoms with Gasteiger partial charge in [0.05, 0.1) is 6.10 Å². The fourth-order valence-electron chi connectivity index (χ4n) is 3.24. The molecule has 0 unspecified atom stereocenters. The Morgan fingerprint density at radius 2 is 1.63 bits per heavy atom. The summed E-state index contributed by atoms with van der Waals surface area (Å²) in [5, 5.41) is 59.2. The smallest absolute Gasteiger partial charge is 0.229 e. The van der Waals surface area contributed by atoms with Gasteiger partial charge < -0.3 is 40.1 Å². The summed E-state index contributed by atoms with van der Waals surface area (Å²) in [4.78, 5) is 12.8. The molecule has 1 fully saturated rings. The number of hydrogen-bond acceptors (Lipinski definition) is 9. The normalized spacial score (nSPS) is 26.3. The van der Waals surface area contributed by atoms with Crippen LogP contribution in [0.1, 0.15) is 29.3 Å². The summed E-state index contributed by atoms with van der Waals surface area (Å²) in [7, 11) is 0. The zero-order valence-corrected chi connectivity index (χ0v) is 16.2. The van der Waals surface area contributed by atoms with E-state index in [0.717, 1.165) is 17.7 Å². The van der Waals surface area contributed by atoms with Gasteiger partial charge in [0, 0.05) is 18.6 Å². The van der Waals surface area contributed by atoms with Crippen molar-refractivity contribution in [2.24, 2.45) is 0 Å². The van der Waals surface area contributed by atoms with Gasteiger partial charge in [-0.1, -0.05) is 12.1 Å². The monoisotopic (exact) mass is 420 g/mol. The molecule has 1 aliphatic rings. The number of phenols is 3. The molecule has 2 aromatic carbocycles. The van der Waals surface area contributed by atoms with Crippen LogP contribution in [0.5, 0.6) is 23.0 Å². The van der Waals surface area contributed by atoms with Crippen LogP contribution in [-0.2, 0) is 11.2 Å². The zero-order chi connectivity index (χ0) is 22.0. The first kappa shape index (κ1) is 21.8. The van der Waals surface area contributed by atoms with Crippen LogP contribution in [0.4, 0.5) is 0 Å². The molecule has 0 radical (unpaired) electrons. The lowest BCUT2D eigenvalue weighted by molar-refractivity contribution is -0.268. The number of aliphatic hydroxyl groups excluding tert-OH is 3. The second kappa shape index (κ2) is 8.88. The molecule has 2 aromatic rings. The largest absolute Gasteiger partial charge is 0.508 e. The Morgan fingerprint density at radius 3 is 2.30 bits per heavy atom. The third-order valence-corrected chi connectivity index (χ3v) is 4.97. The quantitative estimate of drug-likeness (QED) is 0.372. The van der Waals surface area contributed by atoms with Crippen LogP contribution in [0.2, 0.25) is 0 Å². The molecule has 3 rings (SSSR count). The Kier molecular flexibility index (Phi) is 6.47. The molecule has 0 spiro atoms. The number of carbonyl (C=O) groups is 1. The van der Waals surface area contributed by atoms with Crippen molar-refractivity contribution in [2.75, 3.05) is 0 Å². The van der Waals surface area contributed by atoms with Crippen molar-refractivity contribution in [1.82, 2.24) is 0 Å². The minimum atomic E-state index is -1.62. The molecular weight excluding hydrogens is 396 g/mol. The predicted octanol–water partition coefficient (Wildman–Crippen LogP) is 0.825. The van der Waals surface area contributed by atoms with Crippen LogP contribution >= 0.6 is 0 Å². The van der Waals surface area contributed by atoms with Gasteiger partial charge >= 0.3 is 0 Å². The minimum Gasteiger partial charge on any atom is -0.508 e. The van der Waals surface area contributed by atoms with Crippen LogP contribution in [0.15, 0.2) is 36.4 Å². The number of hydrogen-bond donors (Lipinski definition) is 6. The van der Waals surface area contributed by atoms with E-state index < -0.39 is 42.2 Å². The molecule has 0 amide bonds. The summed E-state index contributed by atoms with van der Waals surface area (Å²) < 4.78 is 10.9. The van der Waals surface area contributed by atoms with Crippen LogP contribution in [0.3, 0.4) is 0 Å². The van der Waals surface area contributed by atoms with Gasteiger partial charge in [0.25, 0.3) is 0 Å². The molecule has 0 aliphatic carbocycles. The summed E-state index contributed by atoms with van der Waals surface area (Å²) >= 11 is 0. The summed E-state index contributed by atoms with van der Waals surface area (Å²) in [5.74, 6) is -1.52. The molecule has 0 bridgehead atoms. The number of ketones is 1. The average molecular weight is 420 g/mol. The molecule has 1 saturated heterocycles. The lowest BCUT2D eigenvalue weighted by Crippen LogP contribution is -2.58. The van der Waals surface area contributed by atoms with E-state index in [1.165, 1.54) is 19.1 Å². The Bertz CT molecular complexity index is 896. The summed E-state index contributed by atoms with van der Waals surface area (Å²) in [6.45, 7) is 1.47. The molecule has 9 nitrogen and oxygen atoms in total. The minimum absolute atomic E-state index is 0.00864. The van der Waals surface area contributed by atoms with Crippen molar-refractivity contribution in [1.29, 1.82) is 0 Å². The number of aliphatic hydroxyl groups is 3. The highest BCUT2D eigenvalue weighted by Gasteiger charge is 2.43. The third kappa shape index (κ3) is 4.65. The van der Waals surface area contributed by atoms with Crippen LogP contribution in [0, 0.1) is 0 Å². The van der Waals surface area contributed by atoms with Gasteiger partial charge in [-0.05, 0) is 31.0 Å². The Morgan fingerprint density at radius 1 is 0.967 bits per heavy atom. The van der Waals surface area contributed by atoms with Crippen LogP contribution in [0.25, 0.3) is 0 Å². The number of phenolic OH excluding ortho intramolecular Hbond substituents is 3. The fourth-order valence-corrected chi connectivity index (χ4v) is 3.24. The number of carbonyl (C=O) groups excluding carboxylic acids is 1. The second-order valence-corrected chi connectivity index (χ2v) is 7.23. The van der Waals surface area contributed by atoms with E-state index in [1.54, 1.807) is 12.1 Å². The van der Waals surface area contributed by atoms with Gasteiger partial charge in [-0.25, -0.2) is 0 Å². The van der Waals surface area contributed by atoms with Crippen molar-refractivity contribution >= 4 is 5.78 Å². The number of ether oxygens (including phenoxy) is 2. The maximum atomic E-state index is 12.8. The molecule has 6 N–H and O–H groups in total. The van der Waals surface area contributed by atoms with Gasteiger partial charge in [-0.15, -0.1) is 0 Å². The van der Waals surface area contributed by atoms with Gasteiger partial charge in [0.1, 0.15) is 46.9 Å². The first-order valence-electron chi connectivity index (χ1n) is 9.40. The van der Waals surface area contributed by atoms with E-state index >= 15 is 0 Å². The molecule has 9 heteroatoms. The number of aromatic hydroxyl groups is 3. The molecule has 1 heterocycles. The topological polar surface area (TPSA) is 157 Å². The molecule has 1 aliphatic heterocycles. The van der Waals surface area contributed by atoms with Crippen molar-refractivity contribution in [3.8, 4) is 23.0 Å². The number of Topliss-reactive ketones (excluding diaryl/α,β-unsaturated/α-hetero) is 1. The molecule has 0 saturated carbocycles. The second-order valence-electron chi connectivity index (χ2n) is 7.23. The standard InChI is InChI=1S/C21H24O9/c1-10-18(26)19(27)20(28)21(29-10)30-16-9-13(23)8-15(25)17(16)14(24)7-4-11-2-5-12(22)6-3-11/h2-3,5-6,8-10,18-23,25-28H,4,7H2,1H3/t10-,18+,19+,20+,21-/m0/s1. The van der Waals surface area contributed by atoms with Crippen molar-refractivity contribution in [2.45, 2.75) is 50.5 Å². The predicted molar refractivity (Wildman–Crippen MR) is 104 cm³/mol. The molecule has 162 valence electrons. The van der Waals surface area contributed by atoms with E-state index in [0.29, 0.717) is 6.42 Å². The molecule has 30 heavy (non-hydrogen) atoms. The first-order chi connectivity index (χ1) is 14.2. The number of benzene rings is 2. The van der Waals surface area contributed by atoms with Crippen LogP contribution < -0.4 is 4.74 Å². The number of rotatable bonds is 6. The fraction of sp³-hybridized carbons (Fsp3) is 0.381. The Hall–Kier alpha value is -2.85. The average Bonchev–Trinajstić information content (AvgIpc) is 2.69. The molecule has 5 atom stereocenters. The lowest BCUT2D eigenvalue weighted by atomic mass is 9.99. The maximum absolute atomic E-state index is 12.8. The molecular formula is C21H24O9. The van der Waals surface area contributed by atoms with E-state index in [9.17, 15) is 35.4 Å². The van der Waals surface area contributed by atoms with Crippen LogP contribution in [-0.4, -0.2) is 67.1 Å². The van der Waals surface area contributed by atoms with Gasteiger partial charge in [-0.3, -0.25) is 4.79 Å². The summed E-state index contributed by atoms with van der Waals surface area (Å²) in [5.41, 5.74) is 0.578. The van der Waals surface area contributed by atoms with Gasteiger partial charge in [0.15, 0.2) is 5.78 Å². The van der Waals surface area contributed by atoms with Gasteiger partial charge in [-0.2, -0.15) is 0 Å². The summed E-state index contributed by atoms with van der Waals surface area (Å²) in [6, 6.07) is 8.39. The highest BCUT2D eigenvalue weighted by Crippen LogP contribution is 2.36. The SMILES string of the molecule is C[C@@H]1O[C@@H](Oc2cc(O)cc(O)c2C(=O)CCc2ccc(O)cc2)[C@H](O)[C@H](O)[C@@H]1O. The van der Waals surface area contributed by atoms with E-state index in [1.807, 2.05) is 0 Å². The Balaban J connectivity index is 1.81. The Labute approximate surface area is 172 Å². The third-order valence-electron chi connectivity index (χ3n) is 4.97. The highest BCUT2D eigenvalue weighted by molar-refractivity contribution is 6.01. The zero-order valence-electron chi connectivity index (χ0n) is 16.2. The molecule has 0 aromatic heterocycles. The first-order valence-corrected chi connectivity index (χ1v) is 9.40. The van der Waals surface area contributed by atoms with Gasteiger partial charge in [0.2, 0.25) is 6.29 Å². The van der Waals surface area contributed by atoms with E-state index in [-0.39, 0.29) is 29.2 Å². The van der Waals surface area contributed by atoms with Crippen molar-refractivity contribution in [3.63, 3.8) is 0 Å².